The number of fused-ring (bicyclic) bond motifs is 1. The number of para-hydroxylation sites is 1. The third-order valence-corrected chi connectivity index (χ3v) is 2.38. The summed E-state index contributed by atoms with van der Waals surface area (Å²) in [6.45, 7) is 0. The monoisotopic (exact) mass is 222 g/mol. The number of hydrogen-bond acceptors (Lipinski definition) is 4. The molecule has 0 saturated heterocycles. The van der Waals surface area contributed by atoms with E-state index >= 15 is 0 Å². The summed E-state index contributed by atoms with van der Waals surface area (Å²) in [5.74, 6) is -1.47. The van der Waals surface area contributed by atoms with Gasteiger partial charge in [0.25, 0.3) is 0 Å². The summed E-state index contributed by atoms with van der Waals surface area (Å²) in [4.78, 5) is 10.5. The minimum absolute atomic E-state index is 0.269. The second kappa shape index (κ2) is 3.96. The molecule has 0 aliphatic carbocycles. The molecule has 84 valence electrons. The lowest BCUT2D eigenvalue weighted by Gasteiger charge is -2.12. The van der Waals surface area contributed by atoms with Crippen LogP contribution in [-0.2, 0) is 4.79 Å². The topological polar surface area (TPSA) is 90.9 Å². The fraction of sp³-hybridized carbons (Fsp3) is 0.182. The van der Waals surface area contributed by atoms with E-state index in [1.54, 1.807) is 24.3 Å². The Morgan fingerprint density at radius 1 is 1.25 bits per heavy atom. The summed E-state index contributed by atoms with van der Waals surface area (Å²) in [6.07, 6.45) is -2.11. The minimum atomic E-state index is -1.86. The van der Waals surface area contributed by atoms with Crippen LogP contribution in [0.25, 0.3) is 11.0 Å². The molecule has 3 N–H and O–H groups in total. The molecule has 1 heterocycles. The average molecular weight is 222 g/mol. The van der Waals surface area contributed by atoms with Gasteiger partial charge in [-0.25, -0.2) is 4.79 Å². The van der Waals surface area contributed by atoms with Crippen LogP contribution < -0.4 is 0 Å². The van der Waals surface area contributed by atoms with Crippen molar-refractivity contribution in [3.05, 3.63) is 36.1 Å². The van der Waals surface area contributed by atoms with Crippen LogP contribution in [0, 0.1) is 0 Å². The van der Waals surface area contributed by atoms with Crippen LogP contribution in [0.2, 0.25) is 0 Å². The standard InChI is InChI=1S/C11H10O5/c12-9(10(13)11(14)15)7-5-16-8-4-2-1-3-6(7)8/h1-5,9-10,12-13H,(H,14,15). The van der Waals surface area contributed by atoms with Crippen molar-refractivity contribution in [2.24, 2.45) is 0 Å². The van der Waals surface area contributed by atoms with Gasteiger partial charge in [0.1, 0.15) is 11.7 Å². The van der Waals surface area contributed by atoms with E-state index in [0.29, 0.717) is 11.0 Å². The second-order valence-electron chi connectivity index (χ2n) is 3.42. The number of benzene rings is 1. The number of rotatable bonds is 3. The first-order valence-electron chi connectivity index (χ1n) is 4.66. The smallest absolute Gasteiger partial charge is 0.335 e. The molecule has 0 bridgehead atoms. The SMILES string of the molecule is O=C(O)C(O)C(O)c1coc2ccccc12. The highest BCUT2D eigenvalue weighted by Gasteiger charge is 2.27. The van der Waals surface area contributed by atoms with E-state index in [4.69, 9.17) is 9.52 Å². The summed E-state index contributed by atoms with van der Waals surface area (Å²) in [5, 5.41) is 28.1. The van der Waals surface area contributed by atoms with Crippen LogP contribution in [0.15, 0.2) is 34.9 Å². The van der Waals surface area contributed by atoms with Gasteiger partial charge in [0.05, 0.1) is 6.26 Å². The molecule has 0 amide bonds. The van der Waals surface area contributed by atoms with Gasteiger partial charge in [0.2, 0.25) is 0 Å². The first-order chi connectivity index (χ1) is 7.61. The predicted molar refractivity (Wildman–Crippen MR) is 54.8 cm³/mol. The molecule has 0 aliphatic heterocycles. The van der Waals surface area contributed by atoms with E-state index in [-0.39, 0.29) is 5.56 Å². The molecule has 2 rings (SSSR count). The van der Waals surface area contributed by atoms with Crippen molar-refractivity contribution in [3.8, 4) is 0 Å². The molecule has 16 heavy (non-hydrogen) atoms. The van der Waals surface area contributed by atoms with Gasteiger partial charge in [-0.3, -0.25) is 0 Å². The zero-order chi connectivity index (χ0) is 11.7. The van der Waals surface area contributed by atoms with E-state index in [0.717, 1.165) is 0 Å². The molecule has 0 saturated carbocycles. The van der Waals surface area contributed by atoms with Crippen molar-refractivity contribution in [2.75, 3.05) is 0 Å². The van der Waals surface area contributed by atoms with Crippen LogP contribution >= 0.6 is 0 Å². The second-order valence-corrected chi connectivity index (χ2v) is 3.42. The Labute approximate surface area is 90.5 Å². The summed E-state index contributed by atoms with van der Waals surface area (Å²) in [5.41, 5.74) is 0.805. The van der Waals surface area contributed by atoms with Gasteiger partial charge in [-0.05, 0) is 6.07 Å². The van der Waals surface area contributed by atoms with Gasteiger partial charge in [0.15, 0.2) is 6.10 Å². The van der Waals surface area contributed by atoms with Crippen molar-refractivity contribution in [1.82, 2.24) is 0 Å². The highest BCUT2D eigenvalue weighted by atomic mass is 16.4. The Bertz CT molecular complexity index is 516. The summed E-state index contributed by atoms with van der Waals surface area (Å²) in [6, 6.07) is 6.88. The van der Waals surface area contributed by atoms with Gasteiger partial charge in [0, 0.05) is 10.9 Å². The minimum Gasteiger partial charge on any atom is -0.479 e. The molecule has 5 heteroatoms. The molecule has 0 aliphatic rings. The Kier molecular flexibility index (Phi) is 2.64. The molecule has 2 atom stereocenters. The van der Waals surface area contributed by atoms with Crippen LogP contribution in [0.4, 0.5) is 0 Å². The van der Waals surface area contributed by atoms with E-state index < -0.39 is 18.2 Å². The van der Waals surface area contributed by atoms with Gasteiger partial charge in [-0.2, -0.15) is 0 Å². The normalized spacial score (nSPS) is 14.9. The zero-order valence-corrected chi connectivity index (χ0v) is 8.20. The molecule has 2 aromatic rings. The van der Waals surface area contributed by atoms with Crippen molar-refractivity contribution in [2.45, 2.75) is 12.2 Å². The van der Waals surface area contributed by atoms with Crippen molar-refractivity contribution < 1.29 is 24.5 Å². The van der Waals surface area contributed by atoms with Crippen molar-refractivity contribution in [1.29, 1.82) is 0 Å². The quantitative estimate of drug-likeness (QED) is 0.718. The zero-order valence-electron chi connectivity index (χ0n) is 8.20. The Morgan fingerprint density at radius 2 is 1.94 bits per heavy atom. The molecule has 0 spiro atoms. The van der Waals surface area contributed by atoms with E-state index in [1.807, 2.05) is 0 Å². The number of furan rings is 1. The number of aliphatic hydroxyl groups is 2. The maximum absolute atomic E-state index is 10.5. The summed E-state index contributed by atoms with van der Waals surface area (Å²) in [7, 11) is 0. The van der Waals surface area contributed by atoms with E-state index in [2.05, 4.69) is 0 Å². The Morgan fingerprint density at radius 3 is 2.62 bits per heavy atom. The lowest BCUT2D eigenvalue weighted by atomic mass is 10.0. The van der Waals surface area contributed by atoms with Gasteiger partial charge < -0.3 is 19.7 Å². The Hall–Kier alpha value is -1.85. The van der Waals surface area contributed by atoms with Crippen molar-refractivity contribution >= 4 is 16.9 Å². The third kappa shape index (κ3) is 1.66. The van der Waals surface area contributed by atoms with Crippen molar-refractivity contribution in [3.63, 3.8) is 0 Å². The molecule has 5 nitrogen and oxygen atoms in total. The van der Waals surface area contributed by atoms with Crippen LogP contribution in [0.5, 0.6) is 0 Å². The average Bonchev–Trinajstić information content (AvgIpc) is 2.70. The molecular weight excluding hydrogens is 212 g/mol. The molecule has 0 fully saturated rings. The molecule has 2 unspecified atom stereocenters. The number of carboxylic acids is 1. The molecule has 1 aromatic heterocycles. The highest BCUT2D eigenvalue weighted by molar-refractivity contribution is 5.82. The van der Waals surface area contributed by atoms with Crippen LogP contribution in [-0.4, -0.2) is 27.4 Å². The largest absolute Gasteiger partial charge is 0.479 e. The number of carboxylic acid groups (broad SMARTS) is 1. The lowest BCUT2D eigenvalue weighted by molar-refractivity contribution is -0.153. The predicted octanol–water partition coefficient (Wildman–Crippen LogP) is 0.912. The number of aliphatic hydroxyl groups excluding tert-OH is 2. The number of hydrogen-bond donors (Lipinski definition) is 3. The Balaban J connectivity index is 2.44. The molecule has 1 aromatic carbocycles. The lowest BCUT2D eigenvalue weighted by Crippen LogP contribution is -2.27. The third-order valence-electron chi connectivity index (χ3n) is 2.38. The summed E-state index contributed by atoms with van der Waals surface area (Å²) < 4.78 is 5.14. The van der Waals surface area contributed by atoms with E-state index in [1.165, 1.54) is 6.26 Å². The maximum Gasteiger partial charge on any atom is 0.335 e. The van der Waals surface area contributed by atoms with Crippen LogP contribution in [0.1, 0.15) is 11.7 Å². The summed E-state index contributed by atoms with van der Waals surface area (Å²) >= 11 is 0. The fourth-order valence-electron chi connectivity index (χ4n) is 1.53. The first-order valence-corrected chi connectivity index (χ1v) is 4.66. The van der Waals surface area contributed by atoms with E-state index in [9.17, 15) is 15.0 Å². The highest BCUT2D eigenvalue weighted by Crippen LogP contribution is 2.28. The molecule has 0 radical (unpaired) electrons. The van der Waals surface area contributed by atoms with Gasteiger partial charge in [-0.15, -0.1) is 0 Å². The van der Waals surface area contributed by atoms with Gasteiger partial charge >= 0.3 is 5.97 Å². The number of aliphatic carboxylic acids is 1. The molecular formula is C11H10O5. The first kappa shape index (κ1) is 10.7. The maximum atomic E-state index is 10.5. The van der Waals surface area contributed by atoms with Crippen LogP contribution in [0.3, 0.4) is 0 Å². The fourth-order valence-corrected chi connectivity index (χ4v) is 1.53. The van der Waals surface area contributed by atoms with Gasteiger partial charge in [-0.1, -0.05) is 18.2 Å². The number of carbonyl (C=O) groups is 1.